The maximum atomic E-state index is 5.35. The van der Waals surface area contributed by atoms with Crippen LogP contribution in [0.25, 0.3) is 0 Å². The predicted molar refractivity (Wildman–Crippen MR) is 59.6 cm³/mol. The maximum absolute atomic E-state index is 5.35. The average molecular weight is 223 g/mol. The third-order valence-corrected chi connectivity index (χ3v) is 3.30. The number of aromatic amines is 1. The van der Waals surface area contributed by atoms with Crippen LogP contribution >= 0.6 is 0 Å². The van der Waals surface area contributed by atoms with Crippen molar-refractivity contribution in [3.63, 3.8) is 0 Å². The first-order valence-corrected chi connectivity index (χ1v) is 5.89. The third kappa shape index (κ3) is 1.92. The Balaban J connectivity index is 1.66. The minimum atomic E-state index is 0.491. The van der Waals surface area contributed by atoms with Crippen molar-refractivity contribution in [3.05, 3.63) is 11.9 Å². The Morgan fingerprint density at radius 3 is 2.75 bits per heavy atom. The van der Waals surface area contributed by atoms with Crippen LogP contribution in [0.3, 0.4) is 0 Å². The van der Waals surface area contributed by atoms with Gasteiger partial charge in [0.15, 0.2) is 0 Å². The number of rotatable bonds is 3. The van der Waals surface area contributed by atoms with Gasteiger partial charge in [0.1, 0.15) is 0 Å². The Hall–Kier alpha value is -1.07. The second-order valence-electron chi connectivity index (χ2n) is 4.46. The topological polar surface area (TPSA) is 59.2 Å². The van der Waals surface area contributed by atoms with Gasteiger partial charge in [-0.25, -0.2) is 0 Å². The first kappa shape index (κ1) is 10.1. The first-order valence-electron chi connectivity index (χ1n) is 5.89. The van der Waals surface area contributed by atoms with Crippen LogP contribution in [-0.4, -0.2) is 42.7 Å². The van der Waals surface area contributed by atoms with Gasteiger partial charge in [-0.2, -0.15) is 5.10 Å². The number of aromatic nitrogens is 2. The van der Waals surface area contributed by atoms with Crippen LogP contribution in [0, 0.1) is 0 Å². The standard InChI is InChI=1S/C11H17N3O2/c1-3-15-4-2-9(1)13-10-5-12-14-11(10)8-6-16-7-8/h5,8-9,13H,1-4,6-7H2,(H,12,14). The summed E-state index contributed by atoms with van der Waals surface area (Å²) in [6.45, 7) is 3.34. The molecule has 2 fully saturated rings. The Morgan fingerprint density at radius 1 is 1.25 bits per heavy atom. The molecule has 2 aliphatic rings. The van der Waals surface area contributed by atoms with Gasteiger partial charge in [0.05, 0.1) is 30.8 Å². The molecule has 0 aromatic carbocycles. The molecule has 2 N–H and O–H groups in total. The fourth-order valence-corrected chi connectivity index (χ4v) is 2.19. The largest absolute Gasteiger partial charge is 0.381 e. The SMILES string of the molecule is c1n[nH]c(C2COC2)c1NC1CCOCC1. The Bertz CT molecular complexity index is 343. The van der Waals surface area contributed by atoms with Crippen LogP contribution < -0.4 is 5.32 Å². The summed E-state index contributed by atoms with van der Waals surface area (Å²) in [5.74, 6) is 0.491. The second kappa shape index (κ2) is 4.43. The zero-order valence-corrected chi connectivity index (χ0v) is 9.24. The van der Waals surface area contributed by atoms with E-state index in [0.717, 1.165) is 45.0 Å². The van der Waals surface area contributed by atoms with E-state index >= 15 is 0 Å². The van der Waals surface area contributed by atoms with Crippen LogP contribution in [0.2, 0.25) is 0 Å². The zero-order valence-electron chi connectivity index (χ0n) is 9.24. The summed E-state index contributed by atoms with van der Waals surface area (Å²) in [6.07, 6.45) is 4.03. The molecule has 16 heavy (non-hydrogen) atoms. The molecule has 3 heterocycles. The molecule has 0 aliphatic carbocycles. The summed E-state index contributed by atoms with van der Waals surface area (Å²) in [4.78, 5) is 0. The lowest BCUT2D eigenvalue weighted by Gasteiger charge is -2.28. The number of ether oxygens (including phenoxy) is 2. The normalized spacial score (nSPS) is 23.0. The molecule has 2 aliphatic heterocycles. The second-order valence-corrected chi connectivity index (χ2v) is 4.46. The van der Waals surface area contributed by atoms with E-state index in [9.17, 15) is 0 Å². The van der Waals surface area contributed by atoms with E-state index in [1.165, 1.54) is 5.69 Å². The molecule has 2 saturated heterocycles. The predicted octanol–water partition coefficient (Wildman–Crippen LogP) is 1.11. The van der Waals surface area contributed by atoms with Gasteiger partial charge in [-0.3, -0.25) is 5.10 Å². The van der Waals surface area contributed by atoms with Crippen LogP contribution in [0.5, 0.6) is 0 Å². The lowest BCUT2D eigenvalue weighted by molar-refractivity contribution is 0.00691. The molecule has 5 nitrogen and oxygen atoms in total. The molecule has 0 amide bonds. The average Bonchev–Trinajstić information content (AvgIpc) is 2.66. The number of hydrogen-bond donors (Lipinski definition) is 2. The van der Waals surface area contributed by atoms with E-state index in [-0.39, 0.29) is 0 Å². The van der Waals surface area contributed by atoms with Crippen molar-refractivity contribution in [2.75, 3.05) is 31.7 Å². The molecule has 1 aromatic rings. The molecular weight excluding hydrogens is 206 g/mol. The van der Waals surface area contributed by atoms with Crippen LogP contribution in [0.1, 0.15) is 24.5 Å². The van der Waals surface area contributed by atoms with Gasteiger partial charge in [0.2, 0.25) is 0 Å². The summed E-state index contributed by atoms with van der Waals surface area (Å²) < 4.78 is 10.6. The summed E-state index contributed by atoms with van der Waals surface area (Å²) in [5, 5.41) is 10.7. The molecule has 0 radical (unpaired) electrons. The smallest absolute Gasteiger partial charge is 0.0763 e. The highest BCUT2D eigenvalue weighted by atomic mass is 16.5. The Labute approximate surface area is 94.5 Å². The highest BCUT2D eigenvalue weighted by Crippen LogP contribution is 2.29. The van der Waals surface area contributed by atoms with Gasteiger partial charge in [-0.05, 0) is 12.8 Å². The molecule has 88 valence electrons. The quantitative estimate of drug-likeness (QED) is 0.806. The van der Waals surface area contributed by atoms with E-state index in [0.29, 0.717) is 12.0 Å². The van der Waals surface area contributed by atoms with Gasteiger partial charge >= 0.3 is 0 Å². The number of anilines is 1. The lowest BCUT2D eigenvalue weighted by atomic mass is 10.0. The fourth-order valence-electron chi connectivity index (χ4n) is 2.19. The van der Waals surface area contributed by atoms with Gasteiger partial charge in [-0.15, -0.1) is 0 Å². The molecular formula is C11H17N3O2. The highest BCUT2D eigenvalue weighted by molar-refractivity contribution is 5.49. The zero-order chi connectivity index (χ0) is 10.8. The van der Waals surface area contributed by atoms with Gasteiger partial charge in [-0.1, -0.05) is 0 Å². The van der Waals surface area contributed by atoms with Gasteiger partial charge in [0, 0.05) is 25.2 Å². The number of nitrogens with zero attached hydrogens (tertiary/aromatic N) is 1. The Kier molecular flexibility index (Phi) is 2.80. The van der Waals surface area contributed by atoms with E-state index in [1.54, 1.807) is 0 Å². The lowest BCUT2D eigenvalue weighted by Crippen LogP contribution is -2.30. The summed E-state index contributed by atoms with van der Waals surface area (Å²) in [5.41, 5.74) is 2.33. The molecule has 1 aromatic heterocycles. The van der Waals surface area contributed by atoms with Crippen LogP contribution in [-0.2, 0) is 9.47 Å². The minimum Gasteiger partial charge on any atom is -0.381 e. The van der Waals surface area contributed by atoms with Crippen molar-refractivity contribution in [3.8, 4) is 0 Å². The van der Waals surface area contributed by atoms with E-state index in [2.05, 4.69) is 15.5 Å². The first-order chi connectivity index (χ1) is 7.93. The van der Waals surface area contributed by atoms with Gasteiger partial charge < -0.3 is 14.8 Å². The fraction of sp³-hybridized carbons (Fsp3) is 0.727. The van der Waals surface area contributed by atoms with E-state index < -0.39 is 0 Å². The number of nitrogens with one attached hydrogen (secondary N) is 2. The monoisotopic (exact) mass is 223 g/mol. The van der Waals surface area contributed by atoms with Gasteiger partial charge in [0.25, 0.3) is 0 Å². The molecule has 0 spiro atoms. The Morgan fingerprint density at radius 2 is 2.06 bits per heavy atom. The van der Waals surface area contributed by atoms with Crippen molar-refractivity contribution >= 4 is 5.69 Å². The van der Waals surface area contributed by atoms with Crippen LogP contribution in [0.15, 0.2) is 6.20 Å². The minimum absolute atomic E-state index is 0.491. The third-order valence-electron chi connectivity index (χ3n) is 3.30. The summed E-state index contributed by atoms with van der Waals surface area (Å²) in [6, 6.07) is 0.520. The summed E-state index contributed by atoms with van der Waals surface area (Å²) >= 11 is 0. The maximum Gasteiger partial charge on any atom is 0.0763 e. The molecule has 5 heteroatoms. The van der Waals surface area contributed by atoms with Crippen LogP contribution in [0.4, 0.5) is 5.69 Å². The van der Waals surface area contributed by atoms with Crippen molar-refractivity contribution in [1.82, 2.24) is 10.2 Å². The molecule has 0 atom stereocenters. The number of H-pyrrole nitrogens is 1. The molecule has 0 unspecified atom stereocenters. The van der Waals surface area contributed by atoms with E-state index in [4.69, 9.17) is 9.47 Å². The van der Waals surface area contributed by atoms with Crippen molar-refractivity contribution in [2.45, 2.75) is 24.8 Å². The van der Waals surface area contributed by atoms with E-state index in [1.807, 2.05) is 6.20 Å². The highest BCUT2D eigenvalue weighted by Gasteiger charge is 2.26. The summed E-state index contributed by atoms with van der Waals surface area (Å²) in [7, 11) is 0. The van der Waals surface area contributed by atoms with Crippen molar-refractivity contribution in [1.29, 1.82) is 0 Å². The van der Waals surface area contributed by atoms with Crippen molar-refractivity contribution in [2.24, 2.45) is 0 Å². The molecule has 0 saturated carbocycles. The van der Waals surface area contributed by atoms with Crippen molar-refractivity contribution < 1.29 is 9.47 Å². The molecule has 3 rings (SSSR count). The molecule has 0 bridgehead atoms. The number of hydrogen-bond acceptors (Lipinski definition) is 4.